The van der Waals surface area contributed by atoms with E-state index in [1.54, 1.807) is 32.0 Å². The van der Waals surface area contributed by atoms with E-state index >= 15 is 0 Å². The zero-order valence-electron chi connectivity index (χ0n) is 25.6. The van der Waals surface area contributed by atoms with Crippen molar-refractivity contribution in [3.05, 3.63) is 18.5 Å². The summed E-state index contributed by atoms with van der Waals surface area (Å²) in [4.78, 5) is 50.7. The number of likely N-dealkylation sites (tertiary alicyclic amines) is 1. The van der Waals surface area contributed by atoms with Gasteiger partial charge in [-0.05, 0) is 51.1 Å². The Labute approximate surface area is 254 Å². The highest BCUT2D eigenvalue weighted by Crippen LogP contribution is 2.34. The molecule has 1 aliphatic heterocycles. The predicted octanol–water partition coefficient (Wildman–Crippen LogP) is 3.87. The minimum absolute atomic E-state index is 0. The molecular weight excluding hydrogens is 558 g/mol. The molecule has 42 heavy (non-hydrogen) atoms. The Hall–Kier alpha value is -3.18. The Kier molecular flexibility index (Phi) is 11.4. The van der Waals surface area contributed by atoms with Gasteiger partial charge in [0.15, 0.2) is 0 Å². The summed E-state index contributed by atoms with van der Waals surface area (Å²) in [7, 11) is 3.24. The Morgan fingerprint density at radius 1 is 1.05 bits per heavy atom. The van der Waals surface area contributed by atoms with Crippen LogP contribution in [0.5, 0.6) is 5.75 Å². The van der Waals surface area contributed by atoms with Crippen molar-refractivity contribution in [2.24, 2.45) is 5.41 Å². The molecule has 1 aromatic carbocycles. The molecule has 2 aliphatic rings. The second-order valence-electron chi connectivity index (χ2n) is 12.3. The Bertz CT molecular complexity index is 1260. The molecule has 0 spiro atoms. The first-order valence-corrected chi connectivity index (χ1v) is 14.7. The number of fused-ring (bicyclic) bond motifs is 1. The molecule has 1 aliphatic carbocycles. The largest absolute Gasteiger partial charge is 0.494 e. The monoisotopic (exact) mass is 603 g/mol. The molecule has 1 aromatic heterocycles. The summed E-state index contributed by atoms with van der Waals surface area (Å²) in [6.45, 7) is 7.91. The molecule has 1 saturated carbocycles. The van der Waals surface area contributed by atoms with Crippen molar-refractivity contribution in [2.75, 3.05) is 31.3 Å². The van der Waals surface area contributed by atoms with E-state index in [1.807, 2.05) is 26.8 Å². The number of likely N-dealkylation sites (N-methyl/N-ethyl adjacent to an activating group) is 1. The molecule has 232 valence electrons. The van der Waals surface area contributed by atoms with E-state index in [1.165, 1.54) is 25.6 Å². The first-order chi connectivity index (χ1) is 19.5. The maximum absolute atomic E-state index is 13.8. The van der Waals surface area contributed by atoms with Gasteiger partial charge in [-0.1, -0.05) is 40.0 Å². The zero-order valence-corrected chi connectivity index (χ0v) is 26.4. The fraction of sp³-hybridized carbons (Fsp3) is 0.633. The molecule has 12 heteroatoms. The second kappa shape index (κ2) is 14.3. The third kappa shape index (κ3) is 7.60. The van der Waals surface area contributed by atoms with Crippen molar-refractivity contribution >= 4 is 52.5 Å². The maximum atomic E-state index is 13.8. The number of amides is 3. The number of aromatic nitrogens is 2. The molecule has 3 amide bonds. The van der Waals surface area contributed by atoms with E-state index in [0.29, 0.717) is 42.4 Å². The molecule has 1 saturated heterocycles. The fourth-order valence-electron chi connectivity index (χ4n) is 5.64. The van der Waals surface area contributed by atoms with Crippen LogP contribution in [-0.4, -0.2) is 77.5 Å². The SMILES string of the molecule is CN[C@@H](C)C(=O)N[C@H](C(=O)N1CCC[C@H]1C(=O)Nc1cc2c(NC3CCCCC3)ncnc2cc1OC)C(C)(C)C.Cl. The van der Waals surface area contributed by atoms with Crippen LogP contribution in [0.3, 0.4) is 0 Å². The summed E-state index contributed by atoms with van der Waals surface area (Å²) in [5, 5.41) is 13.2. The van der Waals surface area contributed by atoms with E-state index in [0.717, 1.165) is 24.0 Å². The van der Waals surface area contributed by atoms with Gasteiger partial charge in [0.2, 0.25) is 17.7 Å². The van der Waals surface area contributed by atoms with Crippen molar-refractivity contribution < 1.29 is 19.1 Å². The highest BCUT2D eigenvalue weighted by atomic mass is 35.5. The van der Waals surface area contributed by atoms with Gasteiger partial charge in [0.1, 0.15) is 30.0 Å². The number of hydrogen-bond acceptors (Lipinski definition) is 8. The van der Waals surface area contributed by atoms with Gasteiger partial charge in [0, 0.05) is 24.0 Å². The van der Waals surface area contributed by atoms with Crippen molar-refractivity contribution in [1.29, 1.82) is 0 Å². The summed E-state index contributed by atoms with van der Waals surface area (Å²) in [5.74, 6) is 0.392. The van der Waals surface area contributed by atoms with Gasteiger partial charge in [0.05, 0.1) is 24.4 Å². The van der Waals surface area contributed by atoms with E-state index in [2.05, 4.69) is 31.2 Å². The van der Waals surface area contributed by atoms with Crippen molar-refractivity contribution in [1.82, 2.24) is 25.5 Å². The molecule has 3 atom stereocenters. The minimum atomic E-state index is -0.778. The van der Waals surface area contributed by atoms with E-state index in [4.69, 9.17) is 4.74 Å². The van der Waals surface area contributed by atoms with Crippen LogP contribution in [0.1, 0.15) is 72.6 Å². The van der Waals surface area contributed by atoms with Gasteiger partial charge in [-0.25, -0.2) is 9.97 Å². The number of nitrogens with zero attached hydrogens (tertiary/aromatic N) is 3. The Morgan fingerprint density at radius 3 is 2.40 bits per heavy atom. The topological polar surface area (TPSA) is 138 Å². The van der Waals surface area contributed by atoms with E-state index < -0.39 is 23.5 Å². The standard InChI is InChI=1S/C30H45N7O4.ClH/c1-18(31-5)27(38)36-25(30(2,3)4)29(40)37-14-10-13-23(37)28(39)35-22-15-20-21(16-24(22)41-6)32-17-33-26(20)34-19-11-8-7-9-12-19;/h15-19,23,25,31H,7-14H2,1-6H3,(H,35,39)(H,36,38)(H,32,33,34);1H/t18-,23-,25+;/m0./s1. The van der Waals surface area contributed by atoms with Crippen LogP contribution in [0.2, 0.25) is 0 Å². The molecule has 0 unspecified atom stereocenters. The molecule has 4 rings (SSSR count). The Balaban J connectivity index is 0.00000484. The summed E-state index contributed by atoms with van der Waals surface area (Å²) in [5.41, 5.74) is 0.660. The highest BCUT2D eigenvalue weighted by Gasteiger charge is 2.42. The number of ether oxygens (including phenoxy) is 1. The number of hydrogen-bond donors (Lipinski definition) is 4. The van der Waals surface area contributed by atoms with Crippen LogP contribution in [0.4, 0.5) is 11.5 Å². The van der Waals surface area contributed by atoms with Gasteiger partial charge in [-0.3, -0.25) is 14.4 Å². The van der Waals surface area contributed by atoms with Crippen molar-refractivity contribution in [3.63, 3.8) is 0 Å². The van der Waals surface area contributed by atoms with Crippen LogP contribution in [-0.2, 0) is 14.4 Å². The molecular formula is C30H46ClN7O4. The summed E-state index contributed by atoms with van der Waals surface area (Å²) in [6.07, 6.45) is 8.61. The van der Waals surface area contributed by atoms with Crippen molar-refractivity contribution in [3.8, 4) is 5.75 Å². The maximum Gasteiger partial charge on any atom is 0.247 e. The lowest BCUT2D eigenvalue weighted by atomic mass is 9.85. The summed E-state index contributed by atoms with van der Waals surface area (Å²) in [6, 6.07) is 2.10. The first-order valence-electron chi connectivity index (χ1n) is 14.7. The molecule has 2 fully saturated rings. The smallest absolute Gasteiger partial charge is 0.247 e. The average molecular weight is 604 g/mol. The molecule has 4 N–H and O–H groups in total. The lowest BCUT2D eigenvalue weighted by Gasteiger charge is -2.36. The van der Waals surface area contributed by atoms with Gasteiger partial charge >= 0.3 is 0 Å². The van der Waals surface area contributed by atoms with Crippen LogP contribution >= 0.6 is 12.4 Å². The lowest BCUT2D eigenvalue weighted by Crippen LogP contribution is -2.59. The number of rotatable bonds is 9. The van der Waals surface area contributed by atoms with Crippen LogP contribution in [0.25, 0.3) is 10.9 Å². The molecule has 2 aromatic rings. The van der Waals surface area contributed by atoms with Crippen molar-refractivity contribution in [2.45, 2.75) is 96.8 Å². The quantitative estimate of drug-likeness (QED) is 0.339. The van der Waals surface area contributed by atoms with Gasteiger partial charge in [-0.2, -0.15) is 0 Å². The van der Waals surface area contributed by atoms with Crippen LogP contribution < -0.4 is 26.0 Å². The molecule has 11 nitrogen and oxygen atoms in total. The predicted molar refractivity (Wildman–Crippen MR) is 167 cm³/mol. The number of nitrogens with one attached hydrogen (secondary N) is 4. The number of halogens is 1. The number of benzene rings is 1. The average Bonchev–Trinajstić information content (AvgIpc) is 3.45. The third-order valence-corrected chi connectivity index (χ3v) is 8.22. The zero-order chi connectivity index (χ0) is 29.7. The number of carbonyl (C=O) groups excluding carboxylic acids is 3. The first kappa shape index (κ1) is 33.3. The third-order valence-electron chi connectivity index (χ3n) is 8.22. The second-order valence-corrected chi connectivity index (χ2v) is 12.3. The summed E-state index contributed by atoms with van der Waals surface area (Å²) >= 11 is 0. The summed E-state index contributed by atoms with van der Waals surface area (Å²) < 4.78 is 5.61. The number of carbonyl (C=O) groups is 3. The van der Waals surface area contributed by atoms with E-state index in [9.17, 15) is 14.4 Å². The number of methoxy groups -OCH3 is 1. The fourth-order valence-corrected chi connectivity index (χ4v) is 5.64. The molecule has 0 bridgehead atoms. The van der Waals surface area contributed by atoms with Crippen LogP contribution in [0.15, 0.2) is 18.5 Å². The van der Waals surface area contributed by atoms with Gasteiger partial charge in [-0.15, -0.1) is 12.4 Å². The molecule has 0 radical (unpaired) electrons. The number of anilines is 2. The highest BCUT2D eigenvalue weighted by molar-refractivity contribution is 6.03. The minimum Gasteiger partial charge on any atom is -0.494 e. The van der Waals surface area contributed by atoms with Gasteiger partial charge < -0.3 is 30.9 Å². The van der Waals surface area contributed by atoms with E-state index in [-0.39, 0.29) is 30.1 Å². The lowest BCUT2D eigenvalue weighted by molar-refractivity contribution is -0.143. The van der Waals surface area contributed by atoms with Crippen LogP contribution in [0, 0.1) is 5.41 Å². The normalized spacial score (nSPS) is 19.0. The van der Waals surface area contributed by atoms with Gasteiger partial charge in [0.25, 0.3) is 0 Å². The molecule has 2 heterocycles. The Morgan fingerprint density at radius 2 is 1.76 bits per heavy atom.